The fraction of sp³-hybridized carbons (Fsp3) is 0.417. The van der Waals surface area contributed by atoms with Crippen LogP contribution in [-0.4, -0.2) is 15.2 Å². The molecule has 2 heterocycles. The van der Waals surface area contributed by atoms with Gasteiger partial charge in [0.25, 0.3) is 0 Å². The molecule has 4 nitrogen and oxygen atoms in total. The Labute approximate surface area is 115 Å². The highest BCUT2D eigenvalue weighted by Crippen LogP contribution is 2.21. The van der Waals surface area contributed by atoms with E-state index in [0.717, 1.165) is 33.4 Å². The molecule has 18 heavy (non-hydrogen) atoms. The second kappa shape index (κ2) is 6.11. The Balaban J connectivity index is 2.05. The molecule has 6 heteroatoms. The number of nitrogens with one attached hydrogen (secondary N) is 1. The number of nitrogens with zero attached hydrogens (tertiary/aromatic N) is 3. The molecule has 1 N–H and O–H groups in total. The molecule has 0 bridgehead atoms. The standard InChI is InChI=1S/C12H15ClN4S/c1-3-9-10(4-2)16-17-12(15-9)14-7-8-5-6-11(13)18-8/h5-6H,3-4,7H2,1-2H3,(H,14,15,17). The van der Waals surface area contributed by atoms with Crippen molar-refractivity contribution in [3.8, 4) is 0 Å². The first-order valence-electron chi connectivity index (χ1n) is 5.93. The summed E-state index contributed by atoms with van der Waals surface area (Å²) >= 11 is 7.43. The minimum Gasteiger partial charge on any atom is -0.348 e. The van der Waals surface area contributed by atoms with Gasteiger partial charge in [0.05, 0.1) is 22.3 Å². The lowest BCUT2D eigenvalue weighted by molar-refractivity contribution is 0.820. The van der Waals surface area contributed by atoms with Gasteiger partial charge in [-0.25, -0.2) is 4.98 Å². The number of hydrogen-bond acceptors (Lipinski definition) is 5. The van der Waals surface area contributed by atoms with Gasteiger partial charge in [0.2, 0.25) is 5.95 Å². The lowest BCUT2D eigenvalue weighted by atomic mass is 10.2. The topological polar surface area (TPSA) is 50.7 Å². The first kappa shape index (κ1) is 13.2. The van der Waals surface area contributed by atoms with Crippen LogP contribution in [0.5, 0.6) is 0 Å². The zero-order valence-electron chi connectivity index (χ0n) is 10.4. The molecule has 0 fully saturated rings. The highest BCUT2D eigenvalue weighted by molar-refractivity contribution is 7.16. The maximum Gasteiger partial charge on any atom is 0.243 e. The molecule has 2 aromatic heterocycles. The average Bonchev–Trinajstić information content (AvgIpc) is 2.81. The van der Waals surface area contributed by atoms with E-state index in [1.165, 1.54) is 0 Å². The smallest absolute Gasteiger partial charge is 0.243 e. The van der Waals surface area contributed by atoms with Crippen LogP contribution in [0.25, 0.3) is 0 Å². The summed E-state index contributed by atoms with van der Waals surface area (Å²) in [6, 6.07) is 3.88. The van der Waals surface area contributed by atoms with Gasteiger partial charge in [0.15, 0.2) is 0 Å². The number of anilines is 1. The monoisotopic (exact) mass is 282 g/mol. The highest BCUT2D eigenvalue weighted by atomic mass is 35.5. The number of halogens is 1. The summed E-state index contributed by atoms with van der Waals surface area (Å²) < 4.78 is 0.793. The van der Waals surface area contributed by atoms with Gasteiger partial charge >= 0.3 is 0 Å². The first-order chi connectivity index (χ1) is 8.72. The van der Waals surface area contributed by atoms with E-state index in [1.54, 1.807) is 11.3 Å². The molecule has 0 saturated heterocycles. The van der Waals surface area contributed by atoms with E-state index in [9.17, 15) is 0 Å². The van der Waals surface area contributed by atoms with Gasteiger partial charge in [-0.2, -0.15) is 5.10 Å². The molecule has 2 rings (SSSR count). The quantitative estimate of drug-likeness (QED) is 0.914. The van der Waals surface area contributed by atoms with Crippen LogP contribution in [0.1, 0.15) is 30.1 Å². The minimum absolute atomic E-state index is 0.577. The Morgan fingerprint density at radius 1 is 1.17 bits per heavy atom. The normalized spacial score (nSPS) is 10.6. The van der Waals surface area contributed by atoms with Crippen molar-refractivity contribution in [3.05, 3.63) is 32.7 Å². The van der Waals surface area contributed by atoms with Crippen LogP contribution in [-0.2, 0) is 19.4 Å². The summed E-state index contributed by atoms with van der Waals surface area (Å²) in [6.45, 7) is 4.81. The maximum absolute atomic E-state index is 5.88. The number of aryl methyl sites for hydroxylation is 2. The van der Waals surface area contributed by atoms with Crippen LogP contribution in [0.15, 0.2) is 12.1 Å². The van der Waals surface area contributed by atoms with Crippen molar-refractivity contribution < 1.29 is 0 Å². The third-order valence-corrected chi connectivity index (χ3v) is 3.79. The molecule has 0 radical (unpaired) electrons. The molecular weight excluding hydrogens is 268 g/mol. The molecule has 0 saturated carbocycles. The fourth-order valence-electron chi connectivity index (χ4n) is 1.63. The molecule has 0 atom stereocenters. The SMILES string of the molecule is CCc1nnc(NCc2ccc(Cl)s2)nc1CC. The molecule has 0 aliphatic rings. The van der Waals surface area contributed by atoms with Crippen molar-refractivity contribution >= 4 is 28.9 Å². The summed E-state index contributed by atoms with van der Waals surface area (Å²) in [5.41, 5.74) is 1.99. The van der Waals surface area contributed by atoms with Crippen LogP contribution >= 0.6 is 22.9 Å². The van der Waals surface area contributed by atoms with E-state index in [-0.39, 0.29) is 0 Å². The van der Waals surface area contributed by atoms with Crippen LogP contribution in [0.3, 0.4) is 0 Å². The van der Waals surface area contributed by atoms with Crippen molar-refractivity contribution in [1.29, 1.82) is 0 Å². The van der Waals surface area contributed by atoms with Crippen LogP contribution < -0.4 is 5.32 Å². The third-order valence-electron chi connectivity index (χ3n) is 2.56. The number of thiophene rings is 1. The molecule has 0 aliphatic carbocycles. The largest absolute Gasteiger partial charge is 0.348 e. The maximum atomic E-state index is 5.88. The van der Waals surface area contributed by atoms with E-state index >= 15 is 0 Å². The Bertz CT molecular complexity index is 527. The molecule has 96 valence electrons. The Morgan fingerprint density at radius 2 is 1.94 bits per heavy atom. The molecule has 0 aliphatic heterocycles. The number of hydrogen-bond donors (Lipinski definition) is 1. The van der Waals surface area contributed by atoms with E-state index in [2.05, 4.69) is 34.3 Å². The summed E-state index contributed by atoms with van der Waals surface area (Å²) in [5, 5.41) is 11.4. The Kier molecular flexibility index (Phi) is 4.49. The summed E-state index contributed by atoms with van der Waals surface area (Å²) in [4.78, 5) is 5.62. The average molecular weight is 283 g/mol. The summed E-state index contributed by atoms with van der Waals surface area (Å²) in [7, 11) is 0. The van der Waals surface area contributed by atoms with Gasteiger partial charge in [0.1, 0.15) is 0 Å². The summed E-state index contributed by atoms with van der Waals surface area (Å²) in [5.74, 6) is 0.577. The number of rotatable bonds is 5. The van der Waals surface area contributed by atoms with Crippen molar-refractivity contribution in [2.75, 3.05) is 5.32 Å². The number of aromatic nitrogens is 3. The van der Waals surface area contributed by atoms with Crippen LogP contribution in [0.2, 0.25) is 4.34 Å². The molecular formula is C12H15ClN4S. The van der Waals surface area contributed by atoms with Crippen LogP contribution in [0.4, 0.5) is 5.95 Å². The lowest BCUT2D eigenvalue weighted by Gasteiger charge is -2.06. The van der Waals surface area contributed by atoms with Crippen molar-refractivity contribution in [3.63, 3.8) is 0 Å². The molecule has 2 aromatic rings. The van der Waals surface area contributed by atoms with Gasteiger partial charge < -0.3 is 5.32 Å². The first-order valence-corrected chi connectivity index (χ1v) is 7.13. The van der Waals surface area contributed by atoms with Crippen molar-refractivity contribution in [2.24, 2.45) is 0 Å². The molecule has 0 amide bonds. The van der Waals surface area contributed by atoms with Gasteiger partial charge in [-0.15, -0.1) is 16.4 Å². The predicted molar refractivity (Wildman–Crippen MR) is 75.2 cm³/mol. The van der Waals surface area contributed by atoms with Crippen molar-refractivity contribution in [2.45, 2.75) is 33.2 Å². The van der Waals surface area contributed by atoms with Gasteiger partial charge in [-0.1, -0.05) is 25.4 Å². The van der Waals surface area contributed by atoms with Gasteiger partial charge in [0, 0.05) is 4.88 Å². The Morgan fingerprint density at radius 3 is 2.56 bits per heavy atom. The van der Waals surface area contributed by atoms with Gasteiger partial charge in [-0.05, 0) is 25.0 Å². The van der Waals surface area contributed by atoms with Crippen LogP contribution in [0, 0.1) is 0 Å². The summed E-state index contributed by atoms with van der Waals surface area (Å²) in [6.07, 6.45) is 1.74. The van der Waals surface area contributed by atoms with Gasteiger partial charge in [-0.3, -0.25) is 0 Å². The third kappa shape index (κ3) is 3.17. The predicted octanol–water partition coefficient (Wildman–Crippen LogP) is 3.32. The second-order valence-corrected chi connectivity index (χ2v) is 5.59. The Hall–Kier alpha value is -1.20. The van der Waals surface area contributed by atoms with E-state index < -0.39 is 0 Å². The molecule has 0 spiro atoms. The zero-order chi connectivity index (χ0) is 13.0. The minimum atomic E-state index is 0.577. The highest BCUT2D eigenvalue weighted by Gasteiger charge is 2.06. The lowest BCUT2D eigenvalue weighted by Crippen LogP contribution is -2.08. The molecule has 0 unspecified atom stereocenters. The zero-order valence-corrected chi connectivity index (χ0v) is 12.0. The van der Waals surface area contributed by atoms with E-state index in [1.807, 2.05) is 12.1 Å². The van der Waals surface area contributed by atoms with Crippen molar-refractivity contribution in [1.82, 2.24) is 15.2 Å². The second-order valence-electron chi connectivity index (χ2n) is 3.80. The molecule has 0 aromatic carbocycles. The fourth-order valence-corrected chi connectivity index (χ4v) is 2.65. The van der Waals surface area contributed by atoms with E-state index in [4.69, 9.17) is 11.6 Å². The van der Waals surface area contributed by atoms with E-state index in [0.29, 0.717) is 12.5 Å².